The van der Waals surface area contributed by atoms with E-state index in [-0.39, 0.29) is 23.0 Å². The number of anilines is 1. The van der Waals surface area contributed by atoms with E-state index >= 15 is 0 Å². The van der Waals surface area contributed by atoms with Gasteiger partial charge in [-0.05, 0) is 36.2 Å². The lowest BCUT2D eigenvalue weighted by atomic mass is 10.1. The number of amides is 1. The molecule has 1 amide bonds. The Bertz CT molecular complexity index is 1070. The molecule has 0 bridgehead atoms. The van der Waals surface area contributed by atoms with Crippen molar-refractivity contribution in [3.05, 3.63) is 59.5 Å². The number of benzene rings is 2. The molecule has 0 atom stereocenters. The lowest BCUT2D eigenvalue weighted by Gasteiger charge is -2.06. The number of ether oxygens (including phenoxy) is 1. The summed E-state index contributed by atoms with van der Waals surface area (Å²) in [5.74, 6) is -0.0862. The van der Waals surface area contributed by atoms with Crippen molar-refractivity contribution in [1.82, 2.24) is 4.98 Å². The van der Waals surface area contributed by atoms with Crippen LogP contribution in [-0.4, -0.2) is 32.2 Å². The summed E-state index contributed by atoms with van der Waals surface area (Å²) >= 11 is 1.31. The van der Waals surface area contributed by atoms with Crippen LogP contribution in [0.15, 0.2) is 58.8 Å². The molecule has 0 saturated heterocycles. The lowest BCUT2D eigenvalue weighted by molar-refractivity contribution is -0.115. The Balaban J connectivity index is 1.58. The molecule has 1 heterocycles. The predicted octanol–water partition coefficient (Wildman–Crippen LogP) is 4.18. The Labute approximate surface area is 174 Å². The molecule has 0 unspecified atom stereocenters. The highest BCUT2D eigenvalue weighted by Gasteiger charge is 2.17. The summed E-state index contributed by atoms with van der Waals surface area (Å²) < 4.78 is 29.8. The van der Waals surface area contributed by atoms with Gasteiger partial charge < -0.3 is 10.1 Å². The molecule has 0 fully saturated rings. The minimum absolute atomic E-state index is 0.144. The van der Waals surface area contributed by atoms with Crippen LogP contribution in [0.1, 0.15) is 18.9 Å². The number of nitrogens with one attached hydrogen (secondary N) is 1. The van der Waals surface area contributed by atoms with Gasteiger partial charge in [0.25, 0.3) is 0 Å². The van der Waals surface area contributed by atoms with Gasteiger partial charge >= 0.3 is 0 Å². The van der Waals surface area contributed by atoms with Gasteiger partial charge in [-0.15, -0.1) is 11.3 Å². The maximum atomic E-state index is 12.4. The van der Waals surface area contributed by atoms with Crippen LogP contribution in [0.4, 0.5) is 5.13 Å². The number of aryl methyl sites for hydroxylation is 1. The molecule has 0 saturated carbocycles. The Kier molecular flexibility index (Phi) is 6.66. The van der Waals surface area contributed by atoms with E-state index < -0.39 is 9.84 Å². The molecule has 0 aliphatic carbocycles. The Morgan fingerprint density at radius 2 is 1.79 bits per heavy atom. The number of carbonyl (C=O) groups is 1. The lowest BCUT2D eigenvalue weighted by Crippen LogP contribution is -2.17. The number of sulfone groups is 1. The van der Waals surface area contributed by atoms with Gasteiger partial charge in [-0.2, -0.15) is 0 Å². The fourth-order valence-corrected chi connectivity index (χ4v) is 4.66. The molecule has 0 radical (unpaired) electrons. The summed E-state index contributed by atoms with van der Waals surface area (Å²) in [6.45, 7) is 2.10. The average molecular weight is 431 g/mol. The number of nitrogens with zero attached hydrogens (tertiary/aromatic N) is 1. The van der Waals surface area contributed by atoms with Gasteiger partial charge in [0.15, 0.2) is 15.0 Å². The minimum Gasteiger partial charge on any atom is -0.497 e. The van der Waals surface area contributed by atoms with Gasteiger partial charge in [-0.1, -0.05) is 31.2 Å². The largest absolute Gasteiger partial charge is 0.497 e. The Morgan fingerprint density at radius 1 is 1.10 bits per heavy atom. The maximum Gasteiger partial charge on any atom is 0.227 e. The molecule has 0 aliphatic rings. The van der Waals surface area contributed by atoms with Gasteiger partial charge in [0.2, 0.25) is 5.91 Å². The van der Waals surface area contributed by atoms with E-state index in [9.17, 15) is 13.2 Å². The molecule has 8 heteroatoms. The number of aromatic nitrogens is 1. The SMILES string of the molecule is CCc1ccc(-c2csc(NC(=O)CCS(=O)(=O)c3ccc(OC)cc3)n2)cc1. The molecular weight excluding hydrogens is 408 g/mol. The topological polar surface area (TPSA) is 85.4 Å². The molecule has 3 rings (SSSR count). The standard InChI is InChI=1S/C21H22N2O4S2/c1-3-15-4-6-16(7-5-15)19-14-28-21(22-19)23-20(24)12-13-29(25,26)18-10-8-17(27-2)9-11-18/h4-11,14H,3,12-13H2,1-2H3,(H,22,23,24). The van der Waals surface area contributed by atoms with E-state index in [4.69, 9.17) is 4.74 Å². The monoisotopic (exact) mass is 430 g/mol. The van der Waals surface area contributed by atoms with Gasteiger partial charge in [-0.25, -0.2) is 13.4 Å². The van der Waals surface area contributed by atoms with E-state index in [0.717, 1.165) is 17.7 Å². The van der Waals surface area contributed by atoms with Crippen molar-refractivity contribution in [3.8, 4) is 17.0 Å². The predicted molar refractivity (Wildman–Crippen MR) is 115 cm³/mol. The first-order valence-corrected chi connectivity index (χ1v) is 11.7. The third kappa shape index (κ3) is 5.42. The normalized spacial score (nSPS) is 11.2. The van der Waals surface area contributed by atoms with Crippen LogP contribution in [0, 0.1) is 0 Å². The zero-order chi connectivity index (χ0) is 20.9. The highest BCUT2D eigenvalue weighted by molar-refractivity contribution is 7.91. The number of hydrogen-bond acceptors (Lipinski definition) is 6. The van der Waals surface area contributed by atoms with Crippen molar-refractivity contribution in [2.45, 2.75) is 24.7 Å². The Hall–Kier alpha value is -2.71. The highest BCUT2D eigenvalue weighted by atomic mass is 32.2. The first-order chi connectivity index (χ1) is 13.9. The molecule has 0 aliphatic heterocycles. The van der Waals surface area contributed by atoms with Crippen LogP contribution in [-0.2, 0) is 21.1 Å². The van der Waals surface area contributed by atoms with E-state index in [2.05, 4.69) is 29.4 Å². The van der Waals surface area contributed by atoms with Gasteiger partial charge in [0.05, 0.1) is 23.5 Å². The van der Waals surface area contributed by atoms with Gasteiger partial charge in [-0.3, -0.25) is 4.79 Å². The van der Waals surface area contributed by atoms with Gasteiger partial charge in [0, 0.05) is 17.4 Å². The first-order valence-electron chi connectivity index (χ1n) is 9.13. The van der Waals surface area contributed by atoms with E-state index in [0.29, 0.717) is 10.9 Å². The third-order valence-electron chi connectivity index (χ3n) is 4.42. The van der Waals surface area contributed by atoms with Crippen LogP contribution in [0.5, 0.6) is 5.75 Å². The van der Waals surface area contributed by atoms with Crippen molar-refractivity contribution in [2.24, 2.45) is 0 Å². The van der Waals surface area contributed by atoms with E-state index in [1.54, 1.807) is 12.1 Å². The number of hydrogen-bond donors (Lipinski definition) is 1. The summed E-state index contributed by atoms with van der Waals surface area (Å²) in [4.78, 5) is 16.8. The second-order valence-electron chi connectivity index (χ2n) is 6.38. The zero-order valence-electron chi connectivity index (χ0n) is 16.2. The number of thiazole rings is 1. The summed E-state index contributed by atoms with van der Waals surface area (Å²) in [6, 6.07) is 14.2. The molecule has 152 valence electrons. The summed E-state index contributed by atoms with van der Waals surface area (Å²) in [5.41, 5.74) is 3.00. The van der Waals surface area contributed by atoms with Crippen LogP contribution in [0.2, 0.25) is 0 Å². The molecule has 0 spiro atoms. The number of rotatable bonds is 8. The summed E-state index contributed by atoms with van der Waals surface area (Å²) in [5, 5.41) is 5.00. The minimum atomic E-state index is -3.55. The molecule has 29 heavy (non-hydrogen) atoms. The van der Waals surface area contributed by atoms with Gasteiger partial charge in [0.1, 0.15) is 5.75 Å². The fraction of sp³-hybridized carbons (Fsp3) is 0.238. The second kappa shape index (κ2) is 9.19. The second-order valence-corrected chi connectivity index (χ2v) is 9.35. The van der Waals surface area contributed by atoms with E-state index in [1.807, 2.05) is 17.5 Å². The molecular formula is C21H22N2O4S2. The molecule has 6 nitrogen and oxygen atoms in total. The molecule has 1 N–H and O–H groups in total. The number of carbonyl (C=O) groups excluding carboxylic acids is 1. The van der Waals surface area contributed by atoms with Crippen molar-refractivity contribution in [1.29, 1.82) is 0 Å². The summed E-state index contributed by atoms with van der Waals surface area (Å²) in [6.07, 6.45) is 0.826. The average Bonchev–Trinajstić information content (AvgIpc) is 3.21. The molecule has 3 aromatic rings. The van der Waals surface area contributed by atoms with Crippen LogP contribution >= 0.6 is 11.3 Å². The maximum absolute atomic E-state index is 12.4. The van der Waals surface area contributed by atoms with Crippen LogP contribution in [0.25, 0.3) is 11.3 Å². The smallest absolute Gasteiger partial charge is 0.227 e. The highest BCUT2D eigenvalue weighted by Crippen LogP contribution is 2.25. The Morgan fingerprint density at radius 3 is 2.41 bits per heavy atom. The van der Waals surface area contributed by atoms with Crippen LogP contribution in [0.3, 0.4) is 0 Å². The number of methoxy groups -OCH3 is 1. The van der Waals surface area contributed by atoms with Crippen molar-refractivity contribution >= 4 is 32.2 Å². The first kappa shape index (κ1) is 21.0. The van der Waals surface area contributed by atoms with E-state index in [1.165, 1.54) is 36.1 Å². The molecule has 2 aromatic carbocycles. The van der Waals surface area contributed by atoms with Crippen molar-refractivity contribution < 1.29 is 17.9 Å². The summed E-state index contributed by atoms with van der Waals surface area (Å²) in [7, 11) is -2.04. The van der Waals surface area contributed by atoms with Crippen molar-refractivity contribution in [2.75, 3.05) is 18.2 Å². The quantitative estimate of drug-likeness (QED) is 0.579. The van der Waals surface area contributed by atoms with Crippen LogP contribution < -0.4 is 10.1 Å². The molecule has 1 aromatic heterocycles. The van der Waals surface area contributed by atoms with Crippen molar-refractivity contribution in [3.63, 3.8) is 0 Å². The fourth-order valence-electron chi connectivity index (χ4n) is 2.68. The zero-order valence-corrected chi connectivity index (χ0v) is 17.8. The third-order valence-corrected chi connectivity index (χ3v) is 6.91.